The average molecular weight is 277 g/mol. The third-order valence-electron chi connectivity index (χ3n) is 4.12. The number of anilines is 1. The fourth-order valence-electron chi connectivity index (χ4n) is 2.94. The van der Waals surface area contributed by atoms with Gasteiger partial charge in [-0.25, -0.2) is 4.98 Å². The van der Waals surface area contributed by atoms with Crippen LogP contribution in [-0.4, -0.2) is 24.5 Å². The molecule has 1 fully saturated rings. The molecule has 1 amide bonds. The maximum absolute atomic E-state index is 12.3. The molecule has 0 aromatic carbocycles. The minimum Gasteiger partial charge on any atom is -0.480 e. The topological polar surface area (TPSA) is 77.2 Å². The lowest BCUT2D eigenvalue weighted by Gasteiger charge is -2.35. The summed E-state index contributed by atoms with van der Waals surface area (Å²) in [5, 5.41) is 2.89. The van der Waals surface area contributed by atoms with Crippen LogP contribution in [0.15, 0.2) is 18.3 Å². The summed E-state index contributed by atoms with van der Waals surface area (Å²) in [6, 6.07) is 3.57. The Morgan fingerprint density at radius 3 is 2.85 bits per heavy atom. The number of nitrogens with one attached hydrogen (secondary N) is 1. The number of pyridine rings is 1. The number of hydrogen-bond donors (Lipinski definition) is 2. The number of nitrogens with zero attached hydrogens (tertiary/aromatic N) is 1. The first kappa shape index (κ1) is 14.8. The van der Waals surface area contributed by atoms with Gasteiger partial charge in [-0.15, -0.1) is 0 Å². The number of carbonyl (C=O) groups is 1. The predicted octanol–water partition coefficient (Wildman–Crippen LogP) is 2.33. The number of ether oxygens (including phenoxy) is 1. The van der Waals surface area contributed by atoms with Gasteiger partial charge in [0.2, 0.25) is 11.8 Å². The summed E-state index contributed by atoms with van der Waals surface area (Å²) in [6.45, 7) is 0.574. The number of hydrogen-bond acceptors (Lipinski definition) is 4. The Morgan fingerprint density at radius 2 is 2.20 bits per heavy atom. The lowest BCUT2D eigenvalue weighted by Crippen LogP contribution is -2.36. The maximum Gasteiger partial charge on any atom is 0.237 e. The van der Waals surface area contributed by atoms with Crippen LogP contribution in [0.1, 0.15) is 38.5 Å². The van der Waals surface area contributed by atoms with E-state index >= 15 is 0 Å². The van der Waals surface area contributed by atoms with E-state index in [2.05, 4.69) is 10.3 Å². The molecule has 0 atom stereocenters. The number of rotatable bonds is 5. The fourth-order valence-corrected chi connectivity index (χ4v) is 2.94. The molecule has 5 nitrogen and oxygen atoms in total. The predicted molar refractivity (Wildman–Crippen MR) is 78.6 cm³/mol. The Hall–Kier alpha value is -1.62. The summed E-state index contributed by atoms with van der Waals surface area (Å²) >= 11 is 0. The van der Waals surface area contributed by atoms with Crippen LogP contribution >= 0.6 is 0 Å². The molecule has 1 aliphatic rings. The molecule has 0 spiro atoms. The SMILES string of the molecule is COc1ncccc1NC(=O)CC1(CN)CCCCC1. The molecule has 20 heavy (non-hydrogen) atoms. The van der Waals surface area contributed by atoms with Gasteiger partial charge in [-0.2, -0.15) is 0 Å². The van der Waals surface area contributed by atoms with E-state index in [1.54, 1.807) is 25.4 Å². The van der Waals surface area contributed by atoms with Gasteiger partial charge in [0.25, 0.3) is 0 Å². The van der Waals surface area contributed by atoms with E-state index in [4.69, 9.17) is 10.5 Å². The quantitative estimate of drug-likeness (QED) is 0.866. The monoisotopic (exact) mass is 277 g/mol. The molecule has 0 aliphatic heterocycles. The molecule has 110 valence electrons. The van der Waals surface area contributed by atoms with Crippen LogP contribution in [0, 0.1) is 5.41 Å². The van der Waals surface area contributed by atoms with Crippen molar-refractivity contribution in [3.63, 3.8) is 0 Å². The molecule has 0 unspecified atom stereocenters. The lowest BCUT2D eigenvalue weighted by atomic mass is 9.71. The zero-order valence-electron chi connectivity index (χ0n) is 12.0. The van der Waals surface area contributed by atoms with Crippen molar-refractivity contribution in [3.8, 4) is 5.88 Å². The largest absolute Gasteiger partial charge is 0.480 e. The highest BCUT2D eigenvalue weighted by atomic mass is 16.5. The van der Waals surface area contributed by atoms with Crippen molar-refractivity contribution in [1.29, 1.82) is 0 Å². The molecule has 1 heterocycles. The molecule has 0 bridgehead atoms. The second-order valence-corrected chi connectivity index (χ2v) is 5.55. The highest BCUT2D eigenvalue weighted by Gasteiger charge is 2.33. The molecule has 1 aromatic heterocycles. The number of methoxy groups -OCH3 is 1. The average Bonchev–Trinajstić information content (AvgIpc) is 2.48. The minimum atomic E-state index is -0.0300. The zero-order valence-corrected chi connectivity index (χ0v) is 12.0. The molecule has 1 aliphatic carbocycles. The van der Waals surface area contributed by atoms with Crippen LogP contribution in [0.5, 0.6) is 5.88 Å². The van der Waals surface area contributed by atoms with E-state index in [0.717, 1.165) is 12.8 Å². The van der Waals surface area contributed by atoms with E-state index in [1.807, 2.05) is 0 Å². The Balaban J connectivity index is 2.01. The molecule has 0 saturated heterocycles. The van der Waals surface area contributed by atoms with Gasteiger partial charge in [0.1, 0.15) is 5.69 Å². The van der Waals surface area contributed by atoms with Crippen molar-refractivity contribution in [2.45, 2.75) is 38.5 Å². The maximum atomic E-state index is 12.3. The molecule has 3 N–H and O–H groups in total. The first-order chi connectivity index (χ1) is 9.69. The number of aromatic nitrogens is 1. The minimum absolute atomic E-state index is 0.0105. The van der Waals surface area contributed by atoms with E-state index in [0.29, 0.717) is 24.5 Å². The van der Waals surface area contributed by atoms with Gasteiger partial charge in [-0.1, -0.05) is 19.3 Å². The van der Waals surface area contributed by atoms with Crippen LogP contribution in [0.3, 0.4) is 0 Å². The normalized spacial score (nSPS) is 17.5. The lowest BCUT2D eigenvalue weighted by molar-refractivity contribution is -0.118. The molecule has 1 aromatic rings. The Morgan fingerprint density at radius 1 is 1.45 bits per heavy atom. The summed E-state index contributed by atoms with van der Waals surface area (Å²) in [4.78, 5) is 16.3. The first-order valence-electron chi connectivity index (χ1n) is 7.18. The van der Waals surface area contributed by atoms with Gasteiger partial charge in [0.05, 0.1) is 7.11 Å². The van der Waals surface area contributed by atoms with Crippen molar-refractivity contribution in [2.75, 3.05) is 19.0 Å². The molecular weight excluding hydrogens is 254 g/mol. The Bertz CT molecular complexity index is 456. The highest BCUT2D eigenvalue weighted by molar-refractivity contribution is 5.92. The highest BCUT2D eigenvalue weighted by Crippen LogP contribution is 2.38. The van der Waals surface area contributed by atoms with Gasteiger partial charge in [-0.3, -0.25) is 4.79 Å². The van der Waals surface area contributed by atoms with Gasteiger partial charge in [-0.05, 0) is 36.9 Å². The van der Waals surface area contributed by atoms with Gasteiger partial charge in [0, 0.05) is 12.6 Å². The molecule has 0 radical (unpaired) electrons. The van der Waals surface area contributed by atoms with Crippen LogP contribution < -0.4 is 15.8 Å². The summed E-state index contributed by atoms with van der Waals surface area (Å²) in [5.41, 5.74) is 6.50. The van der Waals surface area contributed by atoms with E-state index < -0.39 is 0 Å². The molecule has 1 saturated carbocycles. The van der Waals surface area contributed by atoms with E-state index in [-0.39, 0.29) is 11.3 Å². The zero-order chi connectivity index (χ0) is 14.4. The van der Waals surface area contributed by atoms with Crippen molar-refractivity contribution >= 4 is 11.6 Å². The van der Waals surface area contributed by atoms with Gasteiger partial charge >= 0.3 is 0 Å². The third kappa shape index (κ3) is 3.48. The Kier molecular flexibility index (Phi) is 4.95. The standard InChI is InChI=1S/C15H23N3O2/c1-20-14-12(6-5-9-17-14)18-13(19)10-15(11-16)7-3-2-4-8-15/h5-6,9H,2-4,7-8,10-11,16H2,1H3,(H,18,19). The summed E-state index contributed by atoms with van der Waals surface area (Å²) in [6.07, 6.45) is 7.78. The van der Waals surface area contributed by atoms with Gasteiger partial charge in [0.15, 0.2) is 0 Å². The summed E-state index contributed by atoms with van der Waals surface area (Å²) < 4.78 is 5.14. The number of carbonyl (C=O) groups excluding carboxylic acids is 1. The van der Waals surface area contributed by atoms with Crippen molar-refractivity contribution in [3.05, 3.63) is 18.3 Å². The van der Waals surface area contributed by atoms with Crippen LogP contribution in [0.2, 0.25) is 0 Å². The van der Waals surface area contributed by atoms with Crippen molar-refractivity contribution < 1.29 is 9.53 Å². The molecule has 5 heteroatoms. The Labute approximate surface area is 119 Å². The van der Waals surface area contributed by atoms with Crippen molar-refractivity contribution in [2.24, 2.45) is 11.1 Å². The summed E-state index contributed by atoms with van der Waals surface area (Å²) in [5.74, 6) is 0.426. The molecule has 2 rings (SSSR count). The van der Waals surface area contributed by atoms with Crippen LogP contribution in [0.25, 0.3) is 0 Å². The molecular formula is C15H23N3O2. The first-order valence-corrected chi connectivity index (χ1v) is 7.18. The van der Waals surface area contributed by atoms with E-state index in [9.17, 15) is 4.79 Å². The van der Waals surface area contributed by atoms with Crippen molar-refractivity contribution in [1.82, 2.24) is 4.98 Å². The number of amides is 1. The van der Waals surface area contributed by atoms with Crippen LogP contribution in [-0.2, 0) is 4.79 Å². The second-order valence-electron chi connectivity index (χ2n) is 5.55. The van der Waals surface area contributed by atoms with Gasteiger partial charge < -0.3 is 15.8 Å². The van der Waals surface area contributed by atoms with E-state index in [1.165, 1.54) is 19.3 Å². The number of nitrogens with two attached hydrogens (primary N) is 1. The smallest absolute Gasteiger partial charge is 0.237 e. The summed E-state index contributed by atoms with van der Waals surface area (Å²) in [7, 11) is 1.54. The fraction of sp³-hybridized carbons (Fsp3) is 0.600. The third-order valence-corrected chi connectivity index (χ3v) is 4.12. The van der Waals surface area contributed by atoms with Crippen LogP contribution in [0.4, 0.5) is 5.69 Å². The second kappa shape index (κ2) is 6.70.